The summed E-state index contributed by atoms with van der Waals surface area (Å²) in [7, 11) is 1.88. The number of carbonyl (C=O) groups is 1. The van der Waals surface area contributed by atoms with Gasteiger partial charge in [0, 0.05) is 66.3 Å². The maximum absolute atomic E-state index is 13.7. The van der Waals surface area contributed by atoms with Gasteiger partial charge in [-0.05, 0) is 61.0 Å². The van der Waals surface area contributed by atoms with Crippen molar-refractivity contribution in [3.63, 3.8) is 0 Å². The van der Waals surface area contributed by atoms with Gasteiger partial charge in [-0.1, -0.05) is 42.5 Å². The molecule has 0 aliphatic heterocycles. The first-order valence-electron chi connectivity index (χ1n) is 15.5. The molecule has 0 atom stereocenters. The number of nitriles is 1. The topological polar surface area (TPSA) is 138 Å². The molecule has 0 bridgehead atoms. The second kappa shape index (κ2) is 13.4. The standard InChI is InChI=1S/C35H32N10OS/c1-44-22-28(20-40-44)25-9-14-32(37-18-25)45(35(46)39-17-23-5-3-2-4-6-23)30-12-10-29(11-13-30)42-34-38-19-27(16-36)33(43-34)24-7-8-26-21-41-47-31(26)15-24/h2-9,14-15,18-22,29-30H,10-13,17H2,1H3,(H,39,46)(H,38,42,43)/t29-,30-. The van der Waals surface area contributed by atoms with E-state index in [1.54, 1.807) is 28.2 Å². The molecule has 1 fully saturated rings. The van der Waals surface area contributed by atoms with Crippen LogP contribution in [0.25, 0.3) is 32.5 Å². The number of hydrogen-bond donors (Lipinski definition) is 2. The van der Waals surface area contributed by atoms with E-state index in [9.17, 15) is 10.1 Å². The Kier molecular flexibility index (Phi) is 8.53. The van der Waals surface area contributed by atoms with E-state index >= 15 is 0 Å². The third kappa shape index (κ3) is 6.66. The molecule has 2 N–H and O–H groups in total. The molecule has 1 aliphatic carbocycles. The number of anilines is 2. The number of fused-ring (bicyclic) bond motifs is 1. The molecule has 1 aliphatic rings. The second-order valence-corrected chi connectivity index (χ2v) is 12.5. The molecule has 1 saturated carbocycles. The lowest BCUT2D eigenvalue weighted by Crippen LogP contribution is -2.49. The lowest BCUT2D eigenvalue weighted by atomic mass is 9.90. The number of aromatic nitrogens is 6. The highest BCUT2D eigenvalue weighted by Gasteiger charge is 2.31. The Morgan fingerprint density at radius 2 is 1.81 bits per heavy atom. The molecule has 4 aromatic heterocycles. The summed E-state index contributed by atoms with van der Waals surface area (Å²) in [5, 5.41) is 21.7. The number of aryl methyl sites for hydroxylation is 1. The highest BCUT2D eigenvalue weighted by Crippen LogP contribution is 2.31. The summed E-state index contributed by atoms with van der Waals surface area (Å²) in [4.78, 5) is 29.5. The summed E-state index contributed by atoms with van der Waals surface area (Å²) in [5.74, 6) is 1.09. The van der Waals surface area contributed by atoms with Crippen LogP contribution in [0.4, 0.5) is 16.6 Å². The van der Waals surface area contributed by atoms with Gasteiger partial charge in [-0.25, -0.2) is 19.7 Å². The van der Waals surface area contributed by atoms with Crippen molar-refractivity contribution in [3.8, 4) is 28.5 Å². The maximum atomic E-state index is 13.7. The van der Waals surface area contributed by atoms with Crippen molar-refractivity contribution in [2.24, 2.45) is 7.05 Å². The average Bonchev–Trinajstić information content (AvgIpc) is 3.77. The first-order chi connectivity index (χ1) is 23.0. The Morgan fingerprint density at radius 3 is 2.55 bits per heavy atom. The number of pyridine rings is 1. The monoisotopic (exact) mass is 640 g/mol. The molecule has 47 heavy (non-hydrogen) atoms. The van der Waals surface area contributed by atoms with Crippen LogP contribution in [0.5, 0.6) is 0 Å². The average molecular weight is 641 g/mol. The third-order valence-corrected chi connectivity index (χ3v) is 9.23. The van der Waals surface area contributed by atoms with Crippen LogP contribution in [-0.2, 0) is 13.6 Å². The summed E-state index contributed by atoms with van der Waals surface area (Å²) < 4.78 is 7.05. The smallest absolute Gasteiger partial charge is 0.323 e. The van der Waals surface area contributed by atoms with Crippen molar-refractivity contribution >= 4 is 39.4 Å². The van der Waals surface area contributed by atoms with Crippen molar-refractivity contribution in [1.82, 2.24) is 34.4 Å². The van der Waals surface area contributed by atoms with Gasteiger partial charge >= 0.3 is 6.03 Å². The first-order valence-corrected chi connectivity index (χ1v) is 16.3. The van der Waals surface area contributed by atoms with E-state index in [1.165, 1.54) is 11.5 Å². The van der Waals surface area contributed by atoms with Crippen LogP contribution in [0.2, 0.25) is 0 Å². The zero-order valence-corrected chi connectivity index (χ0v) is 26.6. The summed E-state index contributed by atoms with van der Waals surface area (Å²) in [6.07, 6.45) is 12.1. The molecule has 2 amide bonds. The fourth-order valence-corrected chi connectivity index (χ4v) is 6.69. The van der Waals surface area contributed by atoms with Gasteiger partial charge in [0.1, 0.15) is 11.9 Å². The molecule has 7 rings (SSSR count). The summed E-state index contributed by atoms with van der Waals surface area (Å²) in [6, 6.07) is 21.9. The molecule has 4 heterocycles. The van der Waals surface area contributed by atoms with Crippen molar-refractivity contribution < 1.29 is 4.79 Å². The molecular formula is C35H32N10OS. The molecule has 0 spiro atoms. The third-order valence-electron chi connectivity index (χ3n) is 8.47. The molecule has 0 saturated heterocycles. The highest BCUT2D eigenvalue weighted by molar-refractivity contribution is 7.13. The lowest BCUT2D eigenvalue weighted by molar-refractivity contribution is 0.240. The van der Waals surface area contributed by atoms with Crippen LogP contribution in [0.3, 0.4) is 0 Å². The van der Waals surface area contributed by atoms with E-state index in [0.717, 1.165) is 58.0 Å². The van der Waals surface area contributed by atoms with Gasteiger partial charge in [0.2, 0.25) is 5.95 Å². The van der Waals surface area contributed by atoms with Crippen molar-refractivity contribution in [1.29, 1.82) is 5.26 Å². The van der Waals surface area contributed by atoms with E-state index < -0.39 is 0 Å². The number of nitrogens with one attached hydrogen (secondary N) is 2. The SMILES string of the molecule is Cn1cc(-c2ccc(N(C(=O)NCc3ccccc3)[C@H]3CC[C@H](Nc4ncc(C#N)c(-c5ccc6cnsc6c5)n4)CC3)nc2)cn1. The number of nitrogens with zero attached hydrogens (tertiary/aromatic N) is 8. The summed E-state index contributed by atoms with van der Waals surface area (Å²) in [5.41, 5.74) is 4.80. The van der Waals surface area contributed by atoms with Gasteiger partial charge in [-0.2, -0.15) is 14.7 Å². The van der Waals surface area contributed by atoms with Crippen LogP contribution in [0.15, 0.2) is 91.6 Å². The molecule has 6 aromatic rings. The van der Waals surface area contributed by atoms with E-state index in [-0.39, 0.29) is 18.1 Å². The van der Waals surface area contributed by atoms with Crippen LogP contribution in [-0.4, -0.2) is 47.2 Å². The van der Waals surface area contributed by atoms with Gasteiger partial charge in [0.15, 0.2) is 0 Å². The minimum absolute atomic E-state index is 0.0378. The van der Waals surface area contributed by atoms with Gasteiger partial charge < -0.3 is 10.6 Å². The van der Waals surface area contributed by atoms with Gasteiger partial charge in [-0.15, -0.1) is 0 Å². The second-order valence-electron chi connectivity index (χ2n) is 11.6. The number of benzene rings is 2. The Morgan fingerprint density at radius 1 is 0.979 bits per heavy atom. The van der Waals surface area contributed by atoms with Crippen LogP contribution in [0, 0.1) is 11.3 Å². The number of urea groups is 1. The Labute approximate surface area is 276 Å². The number of amides is 2. The molecular weight excluding hydrogens is 609 g/mol. The Balaban J connectivity index is 1.07. The number of carbonyl (C=O) groups excluding carboxylic acids is 1. The first kappa shape index (κ1) is 30.0. The summed E-state index contributed by atoms with van der Waals surface area (Å²) >= 11 is 1.42. The van der Waals surface area contributed by atoms with Crippen LogP contribution >= 0.6 is 11.5 Å². The molecule has 234 valence electrons. The maximum Gasteiger partial charge on any atom is 0.323 e. The zero-order valence-electron chi connectivity index (χ0n) is 25.7. The fourth-order valence-electron chi connectivity index (χ4n) is 6.01. The Hall–Kier alpha value is -5.67. The molecule has 12 heteroatoms. The quantitative estimate of drug-likeness (QED) is 0.191. The van der Waals surface area contributed by atoms with Crippen molar-refractivity contribution in [3.05, 3.63) is 103 Å². The fraction of sp³-hybridized carbons (Fsp3) is 0.229. The minimum Gasteiger partial charge on any atom is -0.351 e. The highest BCUT2D eigenvalue weighted by atomic mass is 32.1. The Bertz CT molecular complexity index is 2040. The molecule has 2 aromatic carbocycles. The van der Waals surface area contributed by atoms with Gasteiger partial charge in [0.05, 0.1) is 28.4 Å². The van der Waals surface area contributed by atoms with Crippen molar-refractivity contribution in [2.75, 3.05) is 10.2 Å². The molecule has 0 unspecified atom stereocenters. The minimum atomic E-state index is -0.176. The summed E-state index contributed by atoms with van der Waals surface area (Å²) in [6.45, 7) is 0.426. The largest absolute Gasteiger partial charge is 0.351 e. The van der Waals surface area contributed by atoms with Gasteiger partial charge in [-0.3, -0.25) is 9.58 Å². The zero-order chi connectivity index (χ0) is 32.2. The predicted octanol–water partition coefficient (Wildman–Crippen LogP) is 6.56. The lowest BCUT2D eigenvalue weighted by Gasteiger charge is -2.36. The van der Waals surface area contributed by atoms with E-state index in [1.807, 2.05) is 80.1 Å². The predicted molar refractivity (Wildman–Crippen MR) is 183 cm³/mol. The normalized spacial score (nSPS) is 16.0. The van der Waals surface area contributed by atoms with Gasteiger partial charge in [0.25, 0.3) is 0 Å². The molecule has 0 radical (unpaired) electrons. The van der Waals surface area contributed by atoms with Crippen molar-refractivity contribution in [2.45, 2.75) is 44.3 Å². The van der Waals surface area contributed by atoms with Crippen LogP contribution in [0.1, 0.15) is 36.8 Å². The van der Waals surface area contributed by atoms with E-state index in [4.69, 9.17) is 9.97 Å². The molecule has 11 nitrogen and oxygen atoms in total. The van der Waals surface area contributed by atoms with E-state index in [2.05, 4.69) is 31.2 Å². The van der Waals surface area contributed by atoms with E-state index in [0.29, 0.717) is 29.6 Å². The van der Waals surface area contributed by atoms with Crippen LogP contribution < -0.4 is 15.5 Å². The number of hydrogen-bond acceptors (Lipinski definition) is 9. The number of rotatable bonds is 8.